The van der Waals surface area contributed by atoms with Gasteiger partial charge >= 0.3 is 5.97 Å². The maximum Gasteiger partial charge on any atom is 0.377 e. The van der Waals surface area contributed by atoms with Crippen molar-refractivity contribution < 1.29 is 19.4 Å². The van der Waals surface area contributed by atoms with Gasteiger partial charge in [0.2, 0.25) is 0 Å². The molecule has 3 rings (SSSR count). The zero-order chi connectivity index (χ0) is 18.1. The highest BCUT2D eigenvalue weighted by atomic mass is 35.5. The van der Waals surface area contributed by atoms with Crippen LogP contribution in [0.25, 0.3) is 11.0 Å². The standard InChI is InChI=1S/C17H14ClN3O4/c1-9-14(15(22)17(23)24)13-5-12(25-2)7-20-16(13)21(9)8-11-4-3-10(18)6-19-11/h3-7H,8H2,1-2H3,(H,23,24). The smallest absolute Gasteiger partial charge is 0.377 e. The lowest BCUT2D eigenvalue weighted by Crippen LogP contribution is -2.14. The van der Waals surface area contributed by atoms with E-state index in [4.69, 9.17) is 21.4 Å². The highest BCUT2D eigenvalue weighted by Crippen LogP contribution is 2.28. The van der Waals surface area contributed by atoms with Crippen molar-refractivity contribution in [3.05, 3.63) is 52.6 Å². The van der Waals surface area contributed by atoms with Gasteiger partial charge in [0.15, 0.2) is 0 Å². The molecule has 0 saturated heterocycles. The number of carbonyl (C=O) groups excluding carboxylic acids is 1. The molecular formula is C17H14ClN3O4. The summed E-state index contributed by atoms with van der Waals surface area (Å²) in [5.41, 5.74) is 1.79. The monoisotopic (exact) mass is 359 g/mol. The number of hydrogen-bond donors (Lipinski definition) is 1. The minimum Gasteiger partial charge on any atom is -0.495 e. The fourth-order valence-corrected chi connectivity index (χ4v) is 2.80. The van der Waals surface area contributed by atoms with E-state index >= 15 is 0 Å². The zero-order valence-electron chi connectivity index (χ0n) is 13.5. The molecule has 0 atom stereocenters. The van der Waals surface area contributed by atoms with Gasteiger partial charge in [-0.2, -0.15) is 0 Å². The number of fused-ring (bicyclic) bond motifs is 1. The van der Waals surface area contributed by atoms with Crippen LogP contribution in [-0.4, -0.2) is 38.5 Å². The summed E-state index contributed by atoms with van der Waals surface area (Å²) in [5.74, 6) is -2.07. The van der Waals surface area contributed by atoms with Crippen LogP contribution in [0, 0.1) is 6.92 Å². The number of carbonyl (C=O) groups is 2. The summed E-state index contributed by atoms with van der Waals surface area (Å²) in [6, 6.07) is 5.08. The van der Waals surface area contributed by atoms with E-state index in [1.807, 2.05) is 0 Å². The molecule has 128 valence electrons. The first-order chi connectivity index (χ1) is 11.9. The lowest BCUT2D eigenvalue weighted by Gasteiger charge is -2.07. The summed E-state index contributed by atoms with van der Waals surface area (Å²) < 4.78 is 6.89. The Morgan fingerprint density at radius 3 is 2.64 bits per heavy atom. The number of ketones is 1. The largest absolute Gasteiger partial charge is 0.495 e. The van der Waals surface area contributed by atoms with Crippen LogP contribution >= 0.6 is 11.6 Å². The summed E-state index contributed by atoms with van der Waals surface area (Å²) in [5, 5.41) is 10.1. The van der Waals surface area contributed by atoms with E-state index in [0.29, 0.717) is 39.7 Å². The van der Waals surface area contributed by atoms with Gasteiger partial charge in [-0.3, -0.25) is 9.78 Å². The Morgan fingerprint density at radius 1 is 1.28 bits per heavy atom. The predicted octanol–water partition coefficient (Wildman–Crippen LogP) is 2.72. The second kappa shape index (κ2) is 6.52. The first kappa shape index (κ1) is 16.9. The van der Waals surface area contributed by atoms with Gasteiger partial charge in [-0.1, -0.05) is 11.6 Å². The van der Waals surface area contributed by atoms with Gasteiger partial charge in [0.25, 0.3) is 5.78 Å². The lowest BCUT2D eigenvalue weighted by atomic mass is 10.1. The number of ether oxygens (including phenoxy) is 1. The highest BCUT2D eigenvalue weighted by Gasteiger charge is 2.26. The van der Waals surface area contributed by atoms with E-state index in [0.717, 1.165) is 0 Å². The molecule has 7 nitrogen and oxygen atoms in total. The number of nitrogens with zero attached hydrogens (tertiary/aromatic N) is 3. The Labute approximate surface area is 147 Å². The van der Waals surface area contributed by atoms with E-state index in [1.54, 1.807) is 29.7 Å². The number of hydrogen-bond acceptors (Lipinski definition) is 5. The molecule has 0 unspecified atom stereocenters. The molecule has 8 heteroatoms. The molecule has 0 fully saturated rings. The molecule has 0 amide bonds. The summed E-state index contributed by atoms with van der Waals surface area (Å²) >= 11 is 5.85. The van der Waals surface area contributed by atoms with Gasteiger partial charge < -0.3 is 14.4 Å². The van der Waals surface area contributed by atoms with Crippen molar-refractivity contribution in [2.45, 2.75) is 13.5 Å². The van der Waals surface area contributed by atoms with Gasteiger partial charge in [-0.25, -0.2) is 9.78 Å². The van der Waals surface area contributed by atoms with Crippen LogP contribution in [0.15, 0.2) is 30.6 Å². The third-order valence-corrected chi connectivity index (χ3v) is 4.12. The Morgan fingerprint density at radius 2 is 2.04 bits per heavy atom. The quantitative estimate of drug-likeness (QED) is 0.556. The molecule has 3 aromatic rings. The Bertz CT molecular complexity index is 980. The van der Waals surface area contributed by atoms with Gasteiger partial charge in [-0.05, 0) is 25.1 Å². The lowest BCUT2D eigenvalue weighted by molar-refractivity contribution is -0.131. The van der Waals surface area contributed by atoms with Crippen LogP contribution in [0.1, 0.15) is 21.7 Å². The number of carboxylic acid groups (broad SMARTS) is 1. The number of aliphatic carboxylic acids is 1. The van der Waals surface area contributed by atoms with Crippen molar-refractivity contribution in [3.63, 3.8) is 0 Å². The van der Waals surface area contributed by atoms with Gasteiger partial charge in [0.05, 0.1) is 36.1 Å². The number of rotatable bonds is 5. The van der Waals surface area contributed by atoms with E-state index < -0.39 is 11.8 Å². The van der Waals surface area contributed by atoms with Crippen LogP contribution < -0.4 is 4.74 Å². The summed E-state index contributed by atoms with van der Waals surface area (Å²) in [7, 11) is 1.48. The van der Waals surface area contributed by atoms with E-state index in [-0.39, 0.29) is 5.56 Å². The van der Waals surface area contributed by atoms with Crippen molar-refractivity contribution in [1.29, 1.82) is 0 Å². The van der Waals surface area contributed by atoms with Crippen molar-refractivity contribution in [1.82, 2.24) is 14.5 Å². The van der Waals surface area contributed by atoms with E-state index in [1.165, 1.54) is 19.5 Å². The van der Waals surface area contributed by atoms with Crippen LogP contribution in [0.3, 0.4) is 0 Å². The molecule has 1 N–H and O–H groups in total. The fourth-order valence-electron chi connectivity index (χ4n) is 2.69. The number of Topliss-reactive ketones (excluding diaryl/α,β-unsaturated/α-hetero) is 1. The molecular weight excluding hydrogens is 346 g/mol. The Kier molecular flexibility index (Phi) is 4.41. The van der Waals surface area contributed by atoms with Crippen molar-refractivity contribution in [2.75, 3.05) is 7.11 Å². The van der Waals surface area contributed by atoms with E-state index in [9.17, 15) is 9.59 Å². The Balaban J connectivity index is 2.21. The molecule has 0 radical (unpaired) electrons. The van der Waals surface area contributed by atoms with Gasteiger partial charge in [-0.15, -0.1) is 0 Å². The molecule has 0 bridgehead atoms. The molecule has 0 aliphatic heterocycles. The average molecular weight is 360 g/mol. The van der Waals surface area contributed by atoms with Gasteiger partial charge in [0, 0.05) is 17.3 Å². The first-order valence-corrected chi connectivity index (χ1v) is 7.71. The minimum absolute atomic E-state index is 0.0999. The molecule has 0 aromatic carbocycles. The van der Waals surface area contributed by atoms with E-state index in [2.05, 4.69) is 9.97 Å². The first-order valence-electron chi connectivity index (χ1n) is 7.33. The maximum absolute atomic E-state index is 12.2. The van der Waals surface area contributed by atoms with Crippen LogP contribution in [0.5, 0.6) is 5.75 Å². The van der Waals surface area contributed by atoms with Crippen molar-refractivity contribution in [3.8, 4) is 5.75 Å². The highest BCUT2D eigenvalue weighted by molar-refractivity contribution is 6.42. The van der Waals surface area contributed by atoms with Crippen molar-refractivity contribution >= 4 is 34.4 Å². The molecule has 3 heterocycles. The molecule has 0 spiro atoms. The normalized spacial score (nSPS) is 10.8. The second-order valence-electron chi connectivity index (χ2n) is 5.39. The molecule has 0 aliphatic rings. The number of carboxylic acids is 1. The number of aromatic nitrogens is 3. The number of methoxy groups -OCH3 is 1. The third kappa shape index (κ3) is 3.06. The predicted molar refractivity (Wildman–Crippen MR) is 91.3 cm³/mol. The Hall–Kier alpha value is -2.93. The third-order valence-electron chi connectivity index (χ3n) is 3.90. The molecule has 3 aromatic heterocycles. The topological polar surface area (TPSA) is 94.3 Å². The number of halogens is 1. The maximum atomic E-state index is 12.2. The van der Waals surface area contributed by atoms with Gasteiger partial charge in [0.1, 0.15) is 11.4 Å². The minimum atomic E-state index is -1.52. The second-order valence-corrected chi connectivity index (χ2v) is 5.83. The number of pyridine rings is 2. The average Bonchev–Trinajstić information content (AvgIpc) is 2.87. The fraction of sp³-hybridized carbons (Fsp3) is 0.176. The molecule has 0 aliphatic carbocycles. The van der Waals surface area contributed by atoms with Crippen LogP contribution in [-0.2, 0) is 11.3 Å². The zero-order valence-corrected chi connectivity index (χ0v) is 14.2. The van der Waals surface area contributed by atoms with Crippen LogP contribution in [0.4, 0.5) is 0 Å². The summed E-state index contributed by atoms with van der Waals surface area (Å²) in [6.07, 6.45) is 3.04. The molecule has 0 saturated carbocycles. The summed E-state index contributed by atoms with van der Waals surface area (Å²) in [4.78, 5) is 32.0. The SMILES string of the molecule is COc1cnc2c(c1)c(C(=O)C(=O)O)c(C)n2Cc1ccc(Cl)cn1. The van der Waals surface area contributed by atoms with Crippen LogP contribution in [0.2, 0.25) is 5.02 Å². The molecule has 25 heavy (non-hydrogen) atoms. The summed E-state index contributed by atoms with van der Waals surface area (Å²) in [6.45, 7) is 2.01. The van der Waals surface area contributed by atoms with Crippen molar-refractivity contribution in [2.24, 2.45) is 0 Å².